The number of anilines is 1. The van der Waals surface area contributed by atoms with Gasteiger partial charge in [-0.15, -0.1) is 11.3 Å². The maximum Gasteiger partial charge on any atom is 0.261 e. The van der Waals surface area contributed by atoms with Crippen molar-refractivity contribution in [3.63, 3.8) is 0 Å². The van der Waals surface area contributed by atoms with E-state index in [9.17, 15) is 9.59 Å². The first kappa shape index (κ1) is 13.1. The number of hydrogen-bond acceptors (Lipinski definition) is 5. The monoisotopic (exact) mass is 290 g/mol. The first-order valence-electron chi connectivity index (χ1n) is 6.43. The van der Waals surface area contributed by atoms with Gasteiger partial charge in [-0.3, -0.25) is 14.9 Å². The van der Waals surface area contributed by atoms with Crippen LogP contribution in [-0.2, 0) is 0 Å². The maximum absolute atomic E-state index is 12.2. The molecule has 2 aromatic heterocycles. The van der Waals surface area contributed by atoms with Crippen LogP contribution in [0, 0.1) is 6.92 Å². The molecule has 0 bridgehead atoms. The lowest BCUT2D eigenvalue weighted by atomic mass is 10.2. The zero-order valence-electron chi connectivity index (χ0n) is 11.2. The fourth-order valence-electron chi connectivity index (χ4n) is 2.11. The molecular formula is C14H14N2O3S. The molecule has 0 unspecified atom stereocenters. The fourth-order valence-corrected chi connectivity index (χ4v) is 2.97. The van der Waals surface area contributed by atoms with Crippen molar-refractivity contribution in [2.75, 3.05) is 5.32 Å². The molecule has 0 aliphatic heterocycles. The van der Waals surface area contributed by atoms with Gasteiger partial charge < -0.3 is 4.42 Å². The highest BCUT2D eigenvalue weighted by atomic mass is 32.1. The quantitative estimate of drug-likeness (QED) is 0.876. The second-order valence-corrected chi connectivity index (χ2v) is 6.11. The van der Waals surface area contributed by atoms with Crippen LogP contribution in [0.15, 0.2) is 16.7 Å². The normalized spacial score (nSPS) is 14.3. The van der Waals surface area contributed by atoms with E-state index in [1.165, 1.54) is 24.5 Å². The Morgan fingerprint density at radius 2 is 2.20 bits per heavy atom. The zero-order valence-corrected chi connectivity index (χ0v) is 12.0. The third-order valence-electron chi connectivity index (χ3n) is 3.24. The Hall–Kier alpha value is -1.95. The van der Waals surface area contributed by atoms with Gasteiger partial charge in [0.15, 0.2) is 10.9 Å². The minimum atomic E-state index is -0.232. The van der Waals surface area contributed by atoms with Crippen molar-refractivity contribution in [3.8, 4) is 0 Å². The van der Waals surface area contributed by atoms with Crippen LogP contribution in [0.3, 0.4) is 0 Å². The molecular weight excluding hydrogens is 276 g/mol. The van der Waals surface area contributed by atoms with E-state index in [-0.39, 0.29) is 11.7 Å². The average Bonchev–Trinajstić information content (AvgIpc) is 2.99. The number of hydrogen-bond donors (Lipinski definition) is 1. The highest BCUT2D eigenvalue weighted by Crippen LogP contribution is 2.42. The molecule has 2 heterocycles. The van der Waals surface area contributed by atoms with Crippen molar-refractivity contribution < 1.29 is 14.0 Å². The molecule has 1 aliphatic rings. The zero-order chi connectivity index (χ0) is 14.3. The Balaban J connectivity index is 1.80. The number of carbonyl (C=O) groups excluding carboxylic acids is 2. The Labute approximate surface area is 120 Å². The summed E-state index contributed by atoms with van der Waals surface area (Å²) in [6.45, 7) is 3.28. The van der Waals surface area contributed by atoms with E-state index >= 15 is 0 Å². The number of nitrogens with zero attached hydrogens (tertiary/aromatic N) is 1. The van der Waals surface area contributed by atoms with E-state index in [1.807, 2.05) is 6.92 Å². The SMILES string of the molecule is CC(=O)c1nc(NC(=O)c2ccoc2C2CC2)sc1C. The average molecular weight is 290 g/mol. The van der Waals surface area contributed by atoms with Crippen LogP contribution in [0.1, 0.15) is 57.2 Å². The summed E-state index contributed by atoms with van der Waals surface area (Å²) in [5.74, 6) is 0.796. The lowest BCUT2D eigenvalue weighted by Gasteiger charge is -2.01. The fraction of sp³-hybridized carbons (Fsp3) is 0.357. The van der Waals surface area contributed by atoms with Crippen molar-refractivity contribution in [1.82, 2.24) is 4.98 Å². The molecule has 0 spiro atoms. The number of nitrogens with one attached hydrogen (secondary N) is 1. The minimum Gasteiger partial charge on any atom is -0.468 e. The van der Waals surface area contributed by atoms with Crippen molar-refractivity contribution >= 4 is 28.2 Å². The van der Waals surface area contributed by atoms with Crippen molar-refractivity contribution in [1.29, 1.82) is 0 Å². The molecule has 1 N–H and O–H groups in total. The third-order valence-corrected chi connectivity index (χ3v) is 4.12. The van der Waals surface area contributed by atoms with Gasteiger partial charge >= 0.3 is 0 Å². The highest BCUT2D eigenvalue weighted by Gasteiger charge is 2.31. The number of amides is 1. The number of thiazole rings is 1. The van der Waals surface area contributed by atoms with Crippen LogP contribution < -0.4 is 5.32 Å². The number of aryl methyl sites for hydroxylation is 1. The number of ketones is 1. The van der Waals surface area contributed by atoms with E-state index in [4.69, 9.17) is 4.42 Å². The molecule has 0 aromatic carbocycles. The van der Waals surface area contributed by atoms with Gasteiger partial charge in [-0.05, 0) is 25.8 Å². The van der Waals surface area contributed by atoms with Crippen LogP contribution in [0.25, 0.3) is 0 Å². The summed E-state index contributed by atoms with van der Waals surface area (Å²) in [6.07, 6.45) is 3.67. The van der Waals surface area contributed by atoms with Gasteiger partial charge in [-0.2, -0.15) is 0 Å². The van der Waals surface area contributed by atoms with E-state index in [0.29, 0.717) is 22.3 Å². The summed E-state index contributed by atoms with van der Waals surface area (Å²) in [5.41, 5.74) is 0.977. The van der Waals surface area contributed by atoms with Crippen LogP contribution in [0.5, 0.6) is 0 Å². The lowest BCUT2D eigenvalue weighted by molar-refractivity contribution is 0.100. The molecule has 20 heavy (non-hydrogen) atoms. The van der Waals surface area contributed by atoms with E-state index in [0.717, 1.165) is 23.5 Å². The summed E-state index contributed by atoms with van der Waals surface area (Å²) in [4.78, 5) is 28.6. The molecule has 6 heteroatoms. The van der Waals surface area contributed by atoms with Gasteiger partial charge in [-0.1, -0.05) is 0 Å². The maximum atomic E-state index is 12.2. The third kappa shape index (κ3) is 2.38. The molecule has 5 nitrogen and oxygen atoms in total. The first-order valence-corrected chi connectivity index (χ1v) is 7.25. The van der Waals surface area contributed by atoms with Crippen LogP contribution in [0.2, 0.25) is 0 Å². The van der Waals surface area contributed by atoms with E-state index in [2.05, 4.69) is 10.3 Å². The van der Waals surface area contributed by atoms with Gasteiger partial charge in [0, 0.05) is 17.7 Å². The summed E-state index contributed by atoms with van der Waals surface area (Å²) in [7, 11) is 0. The number of furan rings is 1. The Morgan fingerprint density at radius 3 is 2.80 bits per heavy atom. The Bertz CT molecular complexity index is 682. The lowest BCUT2D eigenvalue weighted by Crippen LogP contribution is -2.12. The van der Waals surface area contributed by atoms with Crippen LogP contribution in [-0.4, -0.2) is 16.7 Å². The molecule has 3 rings (SSSR count). The predicted molar refractivity (Wildman–Crippen MR) is 75.5 cm³/mol. The van der Waals surface area contributed by atoms with Gasteiger partial charge in [-0.25, -0.2) is 4.98 Å². The molecule has 0 saturated heterocycles. The van der Waals surface area contributed by atoms with E-state index in [1.54, 1.807) is 6.07 Å². The standard InChI is InChI=1S/C14H14N2O3S/c1-7(17)11-8(2)20-14(15-11)16-13(18)10-5-6-19-12(10)9-3-4-9/h5-6,9H,3-4H2,1-2H3,(H,15,16,18). The molecule has 1 fully saturated rings. The second-order valence-electron chi connectivity index (χ2n) is 4.91. The van der Waals surface area contributed by atoms with Gasteiger partial charge in [0.05, 0.1) is 11.8 Å². The Morgan fingerprint density at radius 1 is 1.45 bits per heavy atom. The first-order chi connectivity index (χ1) is 9.56. The van der Waals surface area contributed by atoms with Gasteiger partial charge in [0.1, 0.15) is 11.5 Å². The molecule has 1 aliphatic carbocycles. The van der Waals surface area contributed by atoms with Crippen LogP contribution >= 0.6 is 11.3 Å². The largest absolute Gasteiger partial charge is 0.468 e. The molecule has 1 saturated carbocycles. The molecule has 104 valence electrons. The summed E-state index contributed by atoms with van der Waals surface area (Å²) < 4.78 is 5.38. The number of aromatic nitrogens is 1. The van der Waals surface area contributed by atoms with Crippen molar-refractivity contribution in [2.45, 2.75) is 32.6 Å². The number of Topliss-reactive ketones (excluding diaryl/α,β-unsaturated/α-hetero) is 1. The minimum absolute atomic E-state index is 0.0961. The second kappa shape index (κ2) is 4.86. The molecule has 1 amide bonds. The predicted octanol–water partition coefficient (Wildman–Crippen LogP) is 3.38. The summed E-state index contributed by atoms with van der Waals surface area (Å²) in [5, 5.41) is 3.18. The number of rotatable bonds is 4. The topological polar surface area (TPSA) is 72.2 Å². The van der Waals surface area contributed by atoms with Gasteiger partial charge in [0.2, 0.25) is 0 Å². The summed E-state index contributed by atoms with van der Waals surface area (Å²) in [6, 6.07) is 1.68. The molecule has 2 aromatic rings. The van der Waals surface area contributed by atoms with Gasteiger partial charge in [0.25, 0.3) is 5.91 Å². The number of carbonyl (C=O) groups is 2. The van der Waals surface area contributed by atoms with Crippen molar-refractivity contribution in [3.05, 3.63) is 34.2 Å². The van der Waals surface area contributed by atoms with Crippen molar-refractivity contribution in [2.24, 2.45) is 0 Å². The molecule has 0 atom stereocenters. The Kier molecular flexibility index (Phi) is 3.17. The van der Waals surface area contributed by atoms with E-state index < -0.39 is 0 Å². The highest BCUT2D eigenvalue weighted by molar-refractivity contribution is 7.16. The molecule has 0 radical (unpaired) electrons. The smallest absolute Gasteiger partial charge is 0.261 e. The van der Waals surface area contributed by atoms with Crippen LogP contribution in [0.4, 0.5) is 5.13 Å². The summed E-state index contributed by atoms with van der Waals surface area (Å²) >= 11 is 1.30.